The number of phosphoric ester groups is 1. The van der Waals surface area contributed by atoms with Crippen molar-refractivity contribution < 1.29 is 32.9 Å². The molecule has 0 aromatic heterocycles. The predicted octanol–water partition coefficient (Wildman–Crippen LogP) is 17.9. The van der Waals surface area contributed by atoms with Crippen LogP contribution in [0, 0.1) is 0 Å². The molecule has 3 N–H and O–H groups in total. The second kappa shape index (κ2) is 51.4. The van der Waals surface area contributed by atoms with Crippen molar-refractivity contribution in [1.29, 1.82) is 0 Å². The van der Waals surface area contributed by atoms with Crippen LogP contribution in [0.3, 0.4) is 0 Å². The third-order valence-corrected chi connectivity index (χ3v) is 14.3. The number of nitrogens with zero attached hydrogens (tertiary/aromatic N) is 1. The molecule has 0 aromatic rings. The minimum Gasteiger partial charge on any atom is -0.387 e. The number of nitrogens with one attached hydrogen (secondary N) is 1. The molecule has 0 saturated heterocycles. The first-order chi connectivity index (χ1) is 33.5. The van der Waals surface area contributed by atoms with Crippen molar-refractivity contribution in [2.45, 2.75) is 289 Å². The molecule has 9 heteroatoms. The van der Waals surface area contributed by atoms with E-state index in [-0.39, 0.29) is 19.1 Å². The summed E-state index contributed by atoms with van der Waals surface area (Å²) >= 11 is 0. The SMILES string of the molecule is CCCCCCC/C=C\C/C=C\C/C=C\CCCCCCCCCCCCCCCCCCCCCCCCCCC(=O)NC(COP(=O)(O)OCC[N+](C)(C)C)C(O)/C=C/CCCCCCCC. The fraction of sp³-hybridized carbons (Fsp3) is 0.850. The zero-order valence-corrected chi connectivity index (χ0v) is 47.2. The lowest BCUT2D eigenvalue weighted by Crippen LogP contribution is -2.45. The monoisotopic (exact) mass is 992 g/mol. The van der Waals surface area contributed by atoms with E-state index in [0.29, 0.717) is 17.4 Å². The van der Waals surface area contributed by atoms with E-state index in [9.17, 15) is 19.4 Å². The van der Waals surface area contributed by atoms with Gasteiger partial charge in [-0.15, -0.1) is 0 Å². The van der Waals surface area contributed by atoms with E-state index in [2.05, 4.69) is 55.6 Å². The molecule has 0 rings (SSSR count). The summed E-state index contributed by atoms with van der Waals surface area (Å²) in [7, 11) is 1.58. The van der Waals surface area contributed by atoms with Gasteiger partial charge in [0.1, 0.15) is 13.2 Å². The van der Waals surface area contributed by atoms with Crippen molar-refractivity contribution in [2.75, 3.05) is 40.9 Å². The van der Waals surface area contributed by atoms with E-state index < -0.39 is 20.0 Å². The van der Waals surface area contributed by atoms with Crippen molar-refractivity contribution >= 4 is 13.7 Å². The first-order valence-electron chi connectivity index (χ1n) is 29.5. The number of likely N-dealkylation sites (N-methyl/N-ethyl adjacent to an activating group) is 1. The number of allylic oxidation sites excluding steroid dienone is 7. The number of amides is 1. The van der Waals surface area contributed by atoms with Crippen molar-refractivity contribution in [1.82, 2.24) is 5.32 Å². The van der Waals surface area contributed by atoms with Crippen LogP contribution in [0.2, 0.25) is 0 Å². The van der Waals surface area contributed by atoms with Crippen LogP contribution >= 0.6 is 7.82 Å². The Kier molecular flexibility index (Phi) is 50.2. The molecule has 0 aromatic carbocycles. The van der Waals surface area contributed by atoms with Crippen LogP contribution < -0.4 is 5.32 Å². The van der Waals surface area contributed by atoms with Gasteiger partial charge in [-0.25, -0.2) is 4.57 Å². The maximum atomic E-state index is 12.9. The largest absolute Gasteiger partial charge is 0.472 e. The summed E-state index contributed by atoms with van der Waals surface area (Å²) in [5.41, 5.74) is 0. The van der Waals surface area contributed by atoms with Gasteiger partial charge in [0.15, 0.2) is 0 Å². The molecule has 0 saturated carbocycles. The van der Waals surface area contributed by atoms with Crippen LogP contribution in [-0.4, -0.2) is 73.4 Å². The van der Waals surface area contributed by atoms with Gasteiger partial charge in [-0.1, -0.05) is 262 Å². The minimum atomic E-state index is -4.33. The molecule has 0 heterocycles. The number of phosphoric acid groups is 1. The van der Waals surface area contributed by atoms with Crippen molar-refractivity contribution in [2.24, 2.45) is 0 Å². The second-order valence-corrected chi connectivity index (χ2v) is 22.8. The Balaban J connectivity index is 3.78. The van der Waals surface area contributed by atoms with E-state index in [1.165, 1.54) is 205 Å². The summed E-state index contributed by atoms with van der Waals surface area (Å²) in [5.74, 6) is -0.177. The van der Waals surface area contributed by atoms with Crippen LogP contribution in [0.1, 0.15) is 277 Å². The van der Waals surface area contributed by atoms with Gasteiger partial charge in [-0.05, 0) is 57.8 Å². The third kappa shape index (κ3) is 54.1. The Labute approximate surface area is 429 Å². The predicted molar refractivity (Wildman–Crippen MR) is 300 cm³/mol. The molecule has 0 spiro atoms. The minimum absolute atomic E-state index is 0.0622. The van der Waals surface area contributed by atoms with Gasteiger partial charge < -0.3 is 19.8 Å². The number of carbonyl (C=O) groups excluding carboxylic acids is 1. The number of unbranched alkanes of at least 4 members (excludes halogenated alkanes) is 35. The molecular weight excluding hydrogens is 876 g/mol. The quantitative estimate of drug-likeness (QED) is 0.0243. The summed E-state index contributed by atoms with van der Waals surface area (Å²) < 4.78 is 23.5. The molecule has 0 aliphatic heterocycles. The van der Waals surface area contributed by atoms with Crippen molar-refractivity contribution in [3.8, 4) is 0 Å². The summed E-state index contributed by atoms with van der Waals surface area (Å²) in [6.45, 7) is 4.77. The Morgan fingerprint density at radius 3 is 1.20 bits per heavy atom. The Bertz CT molecular complexity index is 1260. The number of aliphatic hydroxyl groups is 1. The highest BCUT2D eigenvalue weighted by Gasteiger charge is 2.27. The fourth-order valence-electron chi connectivity index (χ4n) is 8.64. The number of quaternary nitrogens is 1. The highest BCUT2D eigenvalue weighted by molar-refractivity contribution is 7.47. The molecule has 0 aliphatic rings. The van der Waals surface area contributed by atoms with Gasteiger partial charge in [-0.3, -0.25) is 13.8 Å². The molecule has 0 aliphatic carbocycles. The van der Waals surface area contributed by atoms with E-state index in [1.807, 2.05) is 27.2 Å². The van der Waals surface area contributed by atoms with Crippen molar-refractivity contribution in [3.63, 3.8) is 0 Å². The second-order valence-electron chi connectivity index (χ2n) is 21.4. The highest BCUT2D eigenvalue weighted by Crippen LogP contribution is 2.43. The van der Waals surface area contributed by atoms with Crippen LogP contribution in [-0.2, 0) is 18.4 Å². The fourth-order valence-corrected chi connectivity index (χ4v) is 9.37. The van der Waals surface area contributed by atoms with Crippen LogP contribution in [0.15, 0.2) is 48.6 Å². The van der Waals surface area contributed by atoms with E-state index >= 15 is 0 Å². The molecule has 69 heavy (non-hydrogen) atoms. The smallest absolute Gasteiger partial charge is 0.387 e. The van der Waals surface area contributed by atoms with Gasteiger partial charge in [0.25, 0.3) is 0 Å². The number of aliphatic hydroxyl groups excluding tert-OH is 1. The maximum absolute atomic E-state index is 12.9. The van der Waals surface area contributed by atoms with E-state index in [1.54, 1.807) is 6.08 Å². The lowest BCUT2D eigenvalue weighted by atomic mass is 10.0. The van der Waals surface area contributed by atoms with Gasteiger partial charge in [-0.2, -0.15) is 0 Å². The van der Waals surface area contributed by atoms with Crippen molar-refractivity contribution in [3.05, 3.63) is 48.6 Å². The first-order valence-corrected chi connectivity index (χ1v) is 31.0. The summed E-state index contributed by atoms with van der Waals surface area (Å²) in [6, 6.07) is -0.842. The summed E-state index contributed by atoms with van der Waals surface area (Å²) in [5, 5.41) is 13.8. The number of hydrogen-bond donors (Lipinski definition) is 3. The molecule has 3 atom stereocenters. The lowest BCUT2D eigenvalue weighted by molar-refractivity contribution is -0.870. The van der Waals surface area contributed by atoms with E-state index in [4.69, 9.17) is 9.05 Å². The Morgan fingerprint density at radius 1 is 0.493 bits per heavy atom. The maximum Gasteiger partial charge on any atom is 0.472 e. The molecule has 0 bridgehead atoms. The third-order valence-electron chi connectivity index (χ3n) is 13.3. The first kappa shape index (κ1) is 67.5. The number of rotatable bonds is 54. The summed E-state index contributed by atoms with van der Waals surface area (Å²) in [4.78, 5) is 23.1. The van der Waals surface area contributed by atoms with Crippen LogP contribution in [0.5, 0.6) is 0 Å². The molecule has 0 fully saturated rings. The van der Waals surface area contributed by atoms with Crippen LogP contribution in [0.25, 0.3) is 0 Å². The van der Waals surface area contributed by atoms with Gasteiger partial charge in [0, 0.05) is 6.42 Å². The van der Waals surface area contributed by atoms with Gasteiger partial charge in [0.2, 0.25) is 5.91 Å². The standard InChI is InChI=1S/C60H115N2O6P/c1-6-8-10-12-14-16-17-18-19-20-21-22-23-24-25-26-27-28-29-30-31-32-33-34-35-36-37-38-39-40-41-42-43-44-45-46-48-50-52-54-60(64)61-58(57-68-69(65,66)67-56-55-62(3,4)5)59(63)53-51-49-47-15-13-11-9-7-2/h17-18,20-21,23-24,51,53,58-59,63H,6-16,19,22,25-50,52,54-57H2,1-5H3,(H-,61,64,65,66)/p+1/b18-17-,21-20-,24-23-,53-51+. The summed E-state index contributed by atoms with van der Waals surface area (Å²) in [6.07, 6.45) is 68.3. The zero-order valence-electron chi connectivity index (χ0n) is 46.3. The number of carbonyl (C=O) groups is 1. The molecule has 3 unspecified atom stereocenters. The van der Waals surface area contributed by atoms with Crippen LogP contribution in [0.4, 0.5) is 0 Å². The lowest BCUT2D eigenvalue weighted by Gasteiger charge is -2.25. The van der Waals surface area contributed by atoms with E-state index in [0.717, 1.165) is 51.4 Å². The topological polar surface area (TPSA) is 105 Å². The molecular formula is C60H116N2O6P+. The zero-order chi connectivity index (χ0) is 50.6. The number of hydrogen-bond acceptors (Lipinski definition) is 5. The molecule has 0 radical (unpaired) electrons. The highest BCUT2D eigenvalue weighted by atomic mass is 31.2. The Morgan fingerprint density at radius 2 is 0.826 bits per heavy atom. The van der Waals surface area contributed by atoms with Gasteiger partial charge >= 0.3 is 7.82 Å². The molecule has 8 nitrogen and oxygen atoms in total. The van der Waals surface area contributed by atoms with Gasteiger partial charge in [0.05, 0.1) is 39.9 Å². The molecule has 406 valence electrons. The average Bonchev–Trinajstić information content (AvgIpc) is 3.31. The Hall–Kier alpha value is -1.54. The molecule has 1 amide bonds. The normalized spacial score (nSPS) is 14.2. The average molecular weight is 993 g/mol.